The molecule has 0 aromatic rings. The average Bonchev–Trinajstić information content (AvgIpc) is 1.35. The third-order valence-electron chi connectivity index (χ3n) is 0.524. The maximum atomic E-state index is 9.57. The minimum absolute atomic E-state index is 0. The van der Waals surface area contributed by atoms with E-state index in [-0.39, 0.29) is 109 Å². The molecular weight excluding hydrogens is 158 g/mol. The van der Waals surface area contributed by atoms with Crippen LogP contribution in [-0.2, 0) is 0 Å². The van der Waals surface area contributed by atoms with Crippen molar-refractivity contribution in [1.82, 2.24) is 0 Å². The molecule has 38 valence electrons. The molecule has 0 fully saturated rings. The van der Waals surface area contributed by atoms with Crippen molar-refractivity contribution in [2.75, 3.05) is 0 Å². The summed E-state index contributed by atoms with van der Waals surface area (Å²) in [6, 6.07) is 0. The monoisotopic (exact) mass is 166 g/mol. The predicted molar refractivity (Wildman–Crippen MR) is 18.7 cm³/mol. The molecule has 2 nitrogen and oxygen atoms in total. The molecule has 8 heavy (non-hydrogen) atoms. The Hall–Kier alpha value is 3.19. The van der Waals surface area contributed by atoms with Crippen molar-refractivity contribution in [2.24, 2.45) is 0 Å². The van der Waals surface area contributed by atoms with E-state index in [0.717, 1.165) is 0 Å². The summed E-state index contributed by atoms with van der Waals surface area (Å²) in [5, 5.41) is 19.1. The van der Waals surface area contributed by atoms with Gasteiger partial charge in [0.25, 0.3) is 0 Å². The summed E-state index contributed by atoms with van der Waals surface area (Å²) in [5.74, 6) is 0. The van der Waals surface area contributed by atoms with Crippen LogP contribution in [0.25, 0.3) is 0 Å². The first-order chi connectivity index (χ1) is 2.77. The van der Waals surface area contributed by atoms with Gasteiger partial charge in [-0.2, -0.15) is 0 Å². The summed E-state index contributed by atoms with van der Waals surface area (Å²) in [6.07, 6.45) is -0.632. The van der Waals surface area contributed by atoms with Crippen molar-refractivity contribution in [3.63, 3.8) is 0 Å². The van der Waals surface area contributed by atoms with Crippen molar-refractivity contribution in [3.8, 4) is 0 Å². The van der Waals surface area contributed by atoms with Gasteiger partial charge in [-0.1, -0.05) is 19.8 Å². The summed E-state index contributed by atoms with van der Waals surface area (Å²) in [5.41, 5.74) is 0. The zero-order valence-electron chi connectivity index (χ0n) is 5.81. The van der Waals surface area contributed by atoms with Crippen molar-refractivity contribution >= 4 is 0 Å². The normalized spacial score (nSPS) is 7.50. The molecular formula is C4H8K2O2. The maximum Gasteiger partial charge on any atom is 1.00 e. The van der Waals surface area contributed by atoms with E-state index in [9.17, 15) is 10.2 Å². The van der Waals surface area contributed by atoms with Crippen LogP contribution in [0.1, 0.15) is 19.8 Å². The van der Waals surface area contributed by atoms with Crippen LogP contribution in [0.2, 0.25) is 0 Å². The Labute approximate surface area is 135 Å². The van der Waals surface area contributed by atoms with Gasteiger partial charge in [-0.15, -0.1) is 0 Å². The minimum atomic E-state index is -1.60. The van der Waals surface area contributed by atoms with E-state index in [1.807, 2.05) is 6.92 Å². The molecule has 0 aliphatic carbocycles. The topological polar surface area (TPSA) is 46.1 Å². The standard InChI is InChI=1S/C4H8O2.2K/c1-2-3-4(5)6;;/h4H,2-3H2,1H3;;/q-2;2*+1. The van der Waals surface area contributed by atoms with Crippen LogP contribution >= 0.6 is 0 Å². The Morgan fingerprint density at radius 3 is 1.62 bits per heavy atom. The number of hydrogen-bond acceptors (Lipinski definition) is 2. The molecule has 4 heteroatoms. The number of hydrogen-bond donors (Lipinski definition) is 0. The second kappa shape index (κ2) is 12.8. The zero-order valence-corrected chi connectivity index (χ0v) is 12.1. The number of rotatable bonds is 2. The van der Waals surface area contributed by atoms with Crippen molar-refractivity contribution in [1.29, 1.82) is 0 Å². The van der Waals surface area contributed by atoms with E-state index in [1.54, 1.807) is 0 Å². The molecule has 0 bridgehead atoms. The van der Waals surface area contributed by atoms with Gasteiger partial charge in [0.15, 0.2) is 0 Å². The van der Waals surface area contributed by atoms with Crippen molar-refractivity contribution in [3.05, 3.63) is 0 Å². The van der Waals surface area contributed by atoms with Gasteiger partial charge in [-0.3, -0.25) is 0 Å². The van der Waals surface area contributed by atoms with E-state index < -0.39 is 6.29 Å². The molecule has 0 spiro atoms. The van der Waals surface area contributed by atoms with Crippen molar-refractivity contribution in [2.45, 2.75) is 26.1 Å². The molecule has 0 N–H and O–H groups in total. The first-order valence-electron chi connectivity index (χ1n) is 2.09. The van der Waals surface area contributed by atoms with Crippen LogP contribution in [-0.4, -0.2) is 6.29 Å². The smallest absolute Gasteiger partial charge is 0.865 e. The molecule has 0 heterocycles. The average molecular weight is 166 g/mol. The third-order valence-corrected chi connectivity index (χ3v) is 0.524. The van der Waals surface area contributed by atoms with Crippen LogP contribution in [0.4, 0.5) is 0 Å². The molecule has 0 unspecified atom stereocenters. The van der Waals surface area contributed by atoms with Crippen LogP contribution < -0.4 is 113 Å². The fourth-order valence-corrected chi connectivity index (χ4v) is 0.236. The summed E-state index contributed by atoms with van der Waals surface area (Å²) in [6.45, 7) is 1.82. The van der Waals surface area contributed by atoms with Crippen LogP contribution in [0.3, 0.4) is 0 Å². The largest absolute Gasteiger partial charge is 1.00 e. The van der Waals surface area contributed by atoms with Gasteiger partial charge in [-0.05, 0) is 0 Å². The summed E-state index contributed by atoms with van der Waals surface area (Å²) in [4.78, 5) is 0. The summed E-state index contributed by atoms with van der Waals surface area (Å²) < 4.78 is 0. The quantitative estimate of drug-likeness (QED) is 0.302. The molecule has 0 saturated heterocycles. The van der Waals surface area contributed by atoms with E-state index in [1.165, 1.54) is 0 Å². The first kappa shape index (κ1) is 17.3. The van der Waals surface area contributed by atoms with Gasteiger partial charge < -0.3 is 10.2 Å². The molecule has 0 aliphatic rings. The second-order valence-electron chi connectivity index (χ2n) is 1.22. The molecule has 0 amide bonds. The Kier molecular flexibility index (Phi) is 27.8. The van der Waals surface area contributed by atoms with Crippen molar-refractivity contribution < 1.29 is 113 Å². The maximum absolute atomic E-state index is 9.57. The van der Waals surface area contributed by atoms with Crippen LogP contribution in [0, 0.1) is 0 Å². The summed E-state index contributed by atoms with van der Waals surface area (Å²) in [7, 11) is 0. The molecule has 0 saturated carbocycles. The predicted octanol–water partition coefficient (Wildman–Crippen LogP) is -7.16. The first-order valence-corrected chi connectivity index (χ1v) is 2.09. The van der Waals surface area contributed by atoms with E-state index in [4.69, 9.17) is 0 Å². The van der Waals surface area contributed by atoms with Gasteiger partial charge in [-0.25, -0.2) is 6.29 Å². The van der Waals surface area contributed by atoms with Gasteiger partial charge in [0, 0.05) is 0 Å². The molecule has 0 atom stereocenters. The minimum Gasteiger partial charge on any atom is -0.865 e. The van der Waals surface area contributed by atoms with Crippen LogP contribution in [0.15, 0.2) is 0 Å². The Balaban J connectivity index is -0.000000125. The third kappa shape index (κ3) is 16.1. The molecule has 0 rings (SSSR count). The van der Waals surface area contributed by atoms with Gasteiger partial charge >= 0.3 is 103 Å². The second-order valence-corrected chi connectivity index (χ2v) is 1.22. The van der Waals surface area contributed by atoms with Gasteiger partial charge in [0.1, 0.15) is 0 Å². The van der Waals surface area contributed by atoms with Crippen LogP contribution in [0.5, 0.6) is 0 Å². The molecule has 0 aromatic heterocycles. The summed E-state index contributed by atoms with van der Waals surface area (Å²) >= 11 is 0. The Morgan fingerprint density at radius 1 is 1.25 bits per heavy atom. The Morgan fingerprint density at radius 2 is 1.62 bits per heavy atom. The van der Waals surface area contributed by atoms with Gasteiger partial charge in [0.05, 0.1) is 0 Å². The van der Waals surface area contributed by atoms with E-state index in [0.29, 0.717) is 6.42 Å². The van der Waals surface area contributed by atoms with E-state index in [2.05, 4.69) is 0 Å². The van der Waals surface area contributed by atoms with Gasteiger partial charge in [0.2, 0.25) is 0 Å². The molecule has 0 aromatic carbocycles. The molecule has 0 aliphatic heterocycles. The SMILES string of the molecule is CCCC([O-])[O-].[K+].[K+]. The molecule has 0 radical (unpaired) electrons. The fourth-order valence-electron chi connectivity index (χ4n) is 0.236. The Bertz CT molecular complexity index is 33.2. The fraction of sp³-hybridized carbons (Fsp3) is 1.00. The van der Waals surface area contributed by atoms with E-state index >= 15 is 0 Å². The zero-order chi connectivity index (χ0) is 4.99.